The highest BCUT2D eigenvalue weighted by molar-refractivity contribution is 5.92. The van der Waals surface area contributed by atoms with E-state index in [1.54, 1.807) is 13.0 Å². The Balaban J connectivity index is 0.00000228. The van der Waals surface area contributed by atoms with Gasteiger partial charge in [-0.2, -0.15) is 0 Å². The number of aryl methyl sites for hydroxylation is 1. The second kappa shape index (κ2) is 7.06. The Hall–Kier alpha value is -2.88. The van der Waals surface area contributed by atoms with Gasteiger partial charge in [0.05, 0.1) is 29.0 Å². The Bertz CT molecular complexity index is 1450. The first-order valence-corrected chi connectivity index (χ1v) is 10.5. The van der Waals surface area contributed by atoms with E-state index in [4.69, 9.17) is 10.5 Å². The van der Waals surface area contributed by atoms with E-state index in [0.717, 1.165) is 6.07 Å². The summed E-state index contributed by atoms with van der Waals surface area (Å²) in [6.07, 6.45) is 0.779. The zero-order chi connectivity index (χ0) is 22.5. The molecule has 1 aromatic carbocycles. The summed E-state index contributed by atoms with van der Waals surface area (Å²) in [4.78, 5) is 30.2. The van der Waals surface area contributed by atoms with Crippen molar-refractivity contribution in [2.75, 3.05) is 0 Å². The van der Waals surface area contributed by atoms with Gasteiger partial charge in [-0.1, -0.05) is 6.92 Å². The Labute approximate surface area is 192 Å². The normalized spacial score (nSPS) is 22.3. The Morgan fingerprint density at radius 2 is 2.03 bits per heavy atom. The molecule has 172 valence electrons. The molecule has 3 aliphatic rings. The molecule has 3 N–H and O–H groups in total. The standard InChI is InChI=1S/C23H19F2N3O4.ClH/c1-2-23(31)12-5-16-20-10(7-28(16)21(29)11(12)8-32-22(23)30)17-14(26)4-3-9-18(17)15(27-20)6-13(24)19(9)25;/h5-6,14,31H,2-4,7-8,26H2,1H3;1H/t14?,23-;/m0./s1. The number of esters is 1. The molecule has 0 saturated heterocycles. The molecule has 2 aromatic heterocycles. The molecule has 0 spiro atoms. The molecule has 7 nitrogen and oxygen atoms in total. The maximum atomic E-state index is 14.5. The summed E-state index contributed by atoms with van der Waals surface area (Å²) in [5, 5.41) is 11.5. The fraction of sp³-hybridized carbons (Fsp3) is 0.348. The number of halogens is 3. The minimum absolute atomic E-state index is 0. The molecule has 0 saturated carbocycles. The van der Waals surface area contributed by atoms with Gasteiger partial charge in [-0.3, -0.25) is 4.79 Å². The number of carbonyl (C=O) groups is 1. The minimum Gasteiger partial charge on any atom is -0.458 e. The lowest BCUT2D eigenvalue weighted by atomic mass is 9.83. The van der Waals surface area contributed by atoms with E-state index in [0.29, 0.717) is 40.7 Å². The third kappa shape index (κ3) is 2.64. The largest absolute Gasteiger partial charge is 0.458 e. The van der Waals surface area contributed by atoms with Crippen LogP contribution in [-0.2, 0) is 34.7 Å². The number of rotatable bonds is 1. The average molecular weight is 476 g/mol. The van der Waals surface area contributed by atoms with E-state index in [1.165, 1.54) is 4.57 Å². The molecule has 0 fully saturated rings. The van der Waals surface area contributed by atoms with Gasteiger partial charge in [-0.05, 0) is 30.9 Å². The van der Waals surface area contributed by atoms with Gasteiger partial charge in [-0.15, -0.1) is 12.4 Å². The molecule has 10 heteroatoms. The van der Waals surface area contributed by atoms with Gasteiger partial charge in [0.15, 0.2) is 17.2 Å². The average Bonchev–Trinajstić information content (AvgIpc) is 3.14. The summed E-state index contributed by atoms with van der Waals surface area (Å²) in [5.41, 5.74) is 7.21. The Kier molecular flexibility index (Phi) is 4.69. The van der Waals surface area contributed by atoms with Crippen molar-refractivity contribution in [3.05, 3.63) is 61.9 Å². The van der Waals surface area contributed by atoms with E-state index >= 15 is 0 Å². The van der Waals surface area contributed by atoms with Crippen LogP contribution in [0.5, 0.6) is 0 Å². The second-order valence-electron chi connectivity index (χ2n) is 8.65. The number of nitrogens with two attached hydrogens (primary N) is 1. The van der Waals surface area contributed by atoms with Crippen LogP contribution in [0, 0.1) is 11.6 Å². The molecule has 2 atom stereocenters. The predicted molar refractivity (Wildman–Crippen MR) is 117 cm³/mol. The number of aromatic nitrogens is 2. The van der Waals surface area contributed by atoms with Crippen molar-refractivity contribution in [3.63, 3.8) is 0 Å². The monoisotopic (exact) mass is 475 g/mol. The lowest BCUT2D eigenvalue weighted by molar-refractivity contribution is -0.172. The topological polar surface area (TPSA) is 107 Å². The number of aliphatic hydroxyl groups is 1. The molecule has 6 rings (SSSR count). The highest BCUT2D eigenvalue weighted by Gasteiger charge is 2.45. The number of cyclic esters (lactones) is 1. The number of carbonyl (C=O) groups excluding carboxylic acids is 1. The van der Waals surface area contributed by atoms with Crippen LogP contribution in [0.1, 0.15) is 53.6 Å². The number of benzene rings is 1. The van der Waals surface area contributed by atoms with Gasteiger partial charge >= 0.3 is 5.97 Å². The van der Waals surface area contributed by atoms with E-state index < -0.39 is 34.8 Å². The smallest absolute Gasteiger partial charge is 0.343 e. The fourth-order valence-electron chi connectivity index (χ4n) is 5.39. The van der Waals surface area contributed by atoms with Crippen LogP contribution < -0.4 is 11.3 Å². The SMILES string of the molecule is CC[C@@]1(O)C(=O)OCc2c1cc1n(c2=O)Cc2c-1nc1cc(F)c(F)c3c1c2C(N)CC3.Cl. The van der Waals surface area contributed by atoms with Crippen LogP contribution in [0.2, 0.25) is 0 Å². The van der Waals surface area contributed by atoms with Crippen molar-refractivity contribution in [1.29, 1.82) is 0 Å². The summed E-state index contributed by atoms with van der Waals surface area (Å²) >= 11 is 0. The summed E-state index contributed by atoms with van der Waals surface area (Å²) in [5.74, 6) is -2.68. The van der Waals surface area contributed by atoms with Crippen LogP contribution in [0.15, 0.2) is 16.9 Å². The first-order chi connectivity index (χ1) is 15.3. The molecule has 0 radical (unpaired) electrons. The Morgan fingerprint density at radius 1 is 1.27 bits per heavy atom. The molecular weight excluding hydrogens is 456 g/mol. The molecular formula is C23H20ClF2N3O4. The first-order valence-electron chi connectivity index (χ1n) is 10.5. The van der Waals surface area contributed by atoms with Crippen molar-refractivity contribution in [2.45, 2.75) is 51.0 Å². The van der Waals surface area contributed by atoms with Gasteiger partial charge in [0.1, 0.15) is 6.61 Å². The zero-order valence-electron chi connectivity index (χ0n) is 17.6. The Morgan fingerprint density at radius 3 is 2.76 bits per heavy atom. The van der Waals surface area contributed by atoms with Gasteiger partial charge in [-0.25, -0.2) is 18.6 Å². The molecule has 33 heavy (non-hydrogen) atoms. The van der Waals surface area contributed by atoms with E-state index in [9.17, 15) is 23.5 Å². The van der Waals surface area contributed by atoms with Crippen molar-refractivity contribution in [3.8, 4) is 11.4 Å². The fourth-order valence-corrected chi connectivity index (χ4v) is 5.39. The van der Waals surface area contributed by atoms with Crippen LogP contribution in [0.3, 0.4) is 0 Å². The zero-order valence-corrected chi connectivity index (χ0v) is 18.4. The quantitative estimate of drug-likeness (QED) is 0.410. The summed E-state index contributed by atoms with van der Waals surface area (Å²) < 4.78 is 35.4. The number of fused-ring (bicyclic) bond motifs is 5. The highest BCUT2D eigenvalue weighted by atomic mass is 35.5. The number of pyridine rings is 2. The third-order valence-electron chi connectivity index (χ3n) is 7.09. The van der Waals surface area contributed by atoms with Crippen molar-refractivity contribution in [1.82, 2.24) is 9.55 Å². The van der Waals surface area contributed by atoms with Gasteiger partial charge < -0.3 is 20.1 Å². The summed E-state index contributed by atoms with van der Waals surface area (Å²) in [6.45, 7) is 1.57. The summed E-state index contributed by atoms with van der Waals surface area (Å²) in [7, 11) is 0. The van der Waals surface area contributed by atoms with Crippen LogP contribution in [0.25, 0.3) is 22.3 Å². The lowest BCUT2D eigenvalue weighted by Gasteiger charge is -2.31. The summed E-state index contributed by atoms with van der Waals surface area (Å²) in [6, 6.07) is 2.23. The number of ether oxygens (including phenoxy) is 1. The van der Waals surface area contributed by atoms with Gasteiger partial charge in [0.2, 0.25) is 0 Å². The van der Waals surface area contributed by atoms with Gasteiger partial charge in [0, 0.05) is 34.2 Å². The van der Waals surface area contributed by atoms with E-state index in [-0.39, 0.29) is 54.2 Å². The molecule has 3 aromatic rings. The lowest BCUT2D eigenvalue weighted by Crippen LogP contribution is -2.44. The van der Waals surface area contributed by atoms with Crippen LogP contribution in [-0.4, -0.2) is 20.6 Å². The molecule has 4 heterocycles. The number of nitrogens with zero attached hydrogens (tertiary/aromatic N) is 2. The van der Waals surface area contributed by atoms with E-state index in [2.05, 4.69) is 4.98 Å². The predicted octanol–water partition coefficient (Wildman–Crippen LogP) is 2.73. The maximum Gasteiger partial charge on any atom is 0.343 e. The van der Waals surface area contributed by atoms with Crippen molar-refractivity contribution >= 4 is 29.3 Å². The molecule has 1 aliphatic carbocycles. The molecule has 0 amide bonds. The van der Waals surface area contributed by atoms with E-state index in [1.807, 2.05) is 0 Å². The second-order valence-corrected chi connectivity index (χ2v) is 8.65. The number of hydrogen-bond donors (Lipinski definition) is 2. The molecule has 1 unspecified atom stereocenters. The molecule has 0 bridgehead atoms. The maximum absolute atomic E-state index is 14.5. The minimum atomic E-state index is -1.94. The van der Waals surface area contributed by atoms with Crippen molar-refractivity contribution in [2.24, 2.45) is 5.73 Å². The number of hydrogen-bond acceptors (Lipinski definition) is 6. The van der Waals surface area contributed by atoms with Crippen LogP contribution in [0.4, 0.5) is 8.78 Å². The highest BCUT2D eigenvalue weighted by Crippen LogP contribution is 2.45. The van der Waals surface area contributed by atoms with Crippen molar-refractivity contribution < 1.29 is 23.4 Å². The van der Waals surface area contributed by atoms with Crippen LogP contribution >= 0.6 is 12.4 Å². The molecule has 2 aliphatic heterocycles. The third-order valence-corrected chi connectivity index (χ3v) is 7.09. The first kappa shape index (κ1) is 21.9. The van der Waals surface area contributed by atoms with Gasteiger partial charge in [0.25, 0.3) is 5.56 Å².